The third-order valence-corrected chi connectivity index (χ3v) is 3.23. The summed E-state index contributed by atoms with van der Waals surface area (Å²) in [6.07, 6.45) is 2.05. The Balaban J connectivity index is 2.56. The van der Waals surface area contributed by atoms with Gasteiger partial charge in [0.1, 0.15) is 5.54 Å². The van der Waals surface area contributed by atoms with Crippen LogP contribution in [0.5, 0.6) is 0 Å². The van der Waals surface area contributed by atoms with Crippen LogP contribution in [0, 0.1) is 0 Å². The Kier molecular flexibility index (Phi) is 4.66. The molecule has 102 valence electrons. The van der Waals surface area contributed by atoms with Crippen LogP contribution in [0.3, 0.4) is 0 Å². The van der Waals surface area contributed by atoms with Crippen molar-refractivity contribution in [2.75, 3.05) is 0 Å². The number of nitrogens with one attached hydrogen (secondary N) is 1. The Hall–Kier alpha value is -1.63. The molecule has 0 aliphatic heterocycles. The average molecular weight is 258 g/mol. The second kappa shape index (κ2) is 5.81. The monoisotopic (exact) mass is 258 g/mol. The second-order valence-corrected chi connectivity index (χ2v) is 4.62. The molecular formula is C11H18N2O5. The highest BCUT2D eigenvalue weighted by molar-refractivity contribution is 5.89. The molecule has 0 bridgehead atoms. The third-order valence-electron chi connectivity index (χ3n) is 3.23. The fraction of sp³-hybridized carbons (Fsp3) is 0.727. The Morgan fingerprint density at radius 3 is 2.22 bits per heavy atom. The predicted molar refractivity (Wildman–Crippen MR) is 61.8 cm³/mol. The lowest BCUT2D eigenvalue weighted by Gasteiger charge is -2.26. The van der Waals surface area contributed by atoms with E-state index in [0.717, 1.165) is 12.8 Å². The highest BCUT2D eigenvalue weighted by Gasteiger charge is 2.43. The SMILES string of the molecule is NC(CCC(=O)O)C(=O)NC1(C(=O)O)CCCC1. The Labute approximate surface area is 104 Å². The quantitative estimate of drug-likeness (QED) is 0.517. The van der Waals surface area contributed by atoms with Crippen LogP contribution in [-0.4, -0.2) is 39.6 Å². The molecule has 1 rings (SSSR count). The maximum Gasteiger partial charge on any atom is 0.329 e. The van der Waals surface area contributed by atoms with Crippen LogP contribution in [0.15, 0.2) is 0 Å². The van der Waals surface area contributed by atoms with Crippen molar-refractivity contribution in [1.82, 2.24) is 5.32 Å². The van der Waals surface area contributed by atoms with Gasteiger partial charge in [-0.15, -0.1) is 0 Å². The number of aliphatic carboxylic acids is 2. The average Bonchev–Trinajstić information content (AvgIpc) is 2.75. The molecule has 0 aromatic carbocycles. The predicted octanol–water partition coefficient (Wildman–Crippen LogP) is -0.308. The molecule has 1 unspecified atom stereocenters. The summed E-state index contributed by atoms with van der Waals surface area (Å²) < 4.78 is 0. The van der Waals surface area contributed by atoms with Gasteiger partial charge in [0, 0.05) is 6.42 Å². The van der Waals surface area contributed by atoms with Gasteiger partial charge in [0.05, 0.1) is 6.04 Å². The summed E-state index contributed by atoms with van der Waals surface area (Å²) >= 11 is 0. The minimum Gasteiger partial charge on any atom is -0.481 e. The molecule has 0 saturated heterocycles. The first kappa shape index (κ1) is 14.4. The Morgan fingerprint density at radius 1 is 1.22 bits per heavy atom. The summed E-state index contributed by atoms with van der Waals surface area (Å²) in [4.78, 5) is 33.3. The zero-order chi connectivity index (χ0) is 13.8. The van der Waals surface area contributed by atoms with Gasteiger partial charge < -0.3 is 21.3 Å². The largest absolute Gasteiger partial charge is 0.481 e. The number of rotatable bonds is 6. The summed E-state index contributed by atoms with van der Waals surface area (Å²) in [7, 11) is 0. The summed E-state index contributed by atoms with van der Waals surface area (Å²) in [5.74, 6) is -2.69. The van der Waals surface area contributed by atoms with Crippen molar-refractivity contribution in [3.63, 3.8) is 0 Å². The molecule has 0 heterocycles. The Bertz CT molecular complexity index is 349. The van der Waals surface area contributed by atoms with Crippen molar-refractivity contribution in [2.45, 2.75) is 50.1 Å². The molecule has 0 aromatic rings. The van der Waals surface area contributed by atoms with E-state index in [9.17, 15) is 14.4 Å². The van der Waals surface area contributed by atoms with Gasteiger partial charge >= 0.3 is 11.9 Å². The first-order chi connectivity index (χ1) is 8.37. The minimum absolute atomic E-state index is 0.00311. The number of hydrogen-bond donors (Lipinski definition) is 4. The molecule has 1 atom stereocenters. The number of nitrogens with two attached hydrogens (primary N) is 1. The zero-order valence-electron chi connectivity index (χ0n) is 10.0. The molecule has 1 aliphatic carbocycles. The van der Waals surface area contributed by atoms with Crippen molar-refractivity contribution < 1.29 is 24.6 Å². The summed E-state index contributed by atoms with van der Waals surface area (Å²) in [5, 5.41) is 20.1. The number of carbonyl (C=O) groups excluding carboxylic acids is 1. The highest BCUT2D eigenvalue weighted by Crippen LogP contribution is 2.30. The summed E-state index contributed by atoms with van der Waals surface area (Å²) in [5.41, 5.74) is 4.31. The maximum atomic E-state index is 11.7. The summed E-state index contributed by atoms with van der Waals surface area (Å²) in [6.45, 7) is 0. The van der Waals surface area contributed by atoms with E-state index in [1.165, 1.54) is 0 Å². The molecule has 1 fully saturated rings. The number of carboxylic acid groups (broad SMARTS) is 2. The molecule has 7 heteroatoms. The van der Waals surface area contributed by atoms with E-state index in [1.807, 2.05) is 0 Å². The van der Waals surface area contributed by atoms with Crippen molar-refractivity contribution in [3.05, 3.63) is 0 Å². The van der Waals surface area contributed by atoms with E-state index < -0.39 is 29.4 Å². The fourth-order valence-electron chi connectivity index (χ4n) is 2.11. The number of amides is 1. The maximum absolute atomic E-state index is 11.7. The zero-order valence-corrected chi connectivity index (χ0v) is 10.0. The van der Waals surface area contributed by atoms with Crippen molar-refractivity contribution in [1.29, 1.82) is 0 Å². The lowest BCUT2D eigenvalue weighted by Crippen LogP contribution is -2.56. The van der Waals surface area contributed by atoms with Gasteiger partial charge in [0.2, 0.25) is 5.91 Å². The number of hydrogen-bond acceptors (Lipinski definition) is 4. The van der Waals surface area contributed by atoms with Crippen LogP contribution in [0.1, 0.15) is 38.5 Å². The first-order valence-electron chi connectivity index (χ1n) is 5.90. The Morgan fingerprint density at radius 2 is 1.78 bits per heavy atom. The highest BCUT2D eigenvalue weighted by atomic mass is 16.4. The molecule has 0 aromatic heterocycles. The van der Waals surface area contributed by atoms with Gasteiger partial charge in [0.15, 0.2) is 0 Å². The van der Waals surface area contributed by atoms with E-state index in [2.05, 4.69) is 5.32 Å². The molecule has 1 amide bonds. The van der Waals surface area contributed by atoms with Crippen LogP contribution < -0.4 is 11.1 Å². The van der Waals surface area contributed by atoms with Crippen molar-refractivity contribution in [3.8, 4) is 0 Å². The van der Waals surface area contributed by atoms with E-state index in [1.54, 1.807) is 0 Å². The molecule has 5 N–H and O–H groups in total. The van der Waals surface area contributed by atoms with Gasteiger partial charge in [-0.25, -0.2) is 4.79 Å². The van der Waals surface area contributed by atoms with Gasteiger partial charge in [-0.2, -0.15) is 0 Å². The molecule has 18 heavy (non-hydrogen) atoms. The molecule has 1 aliphatic rings. The topological polar surface area (TPSA) is 130 Å². The van der Waals surface area contributed by atoms with Gasteiger partial charge in [-0.3, -0.25) is 9.59 Å². The number of carboxylic acids is 2. The minimum atomic E-state index is -1.22. The number of carbonyl (C=O) groups is 3. The second-order valence-electron chi connectivity index (χ2n) is 4.62. The fourth-order valence-corrected chi connectivity index (χ4v) is 2.11. The van der Waals surface area contributed by atoms with E-state index in [0.29, 0.717) is 12.8 Å². The normalized spacial score (nSPS) is 19.2. The van der Waals surface area contributed by atoms with Gasteiger partial charge in [-0.1, -0.05) is 12.8 Å². The third kappa shape index (κ3) is 3.43. The van der Waals surface area contributed by atoms with Crippen LogP contribution in [-0.2, 0) is 14.4 Å². The molecular weight excluding hydrogens is 240 g/mol. The van der Waals surface area contributed by atoms with Crippen LogP contribution in [0.25, 0.3) is 0 Å². The molecule has 0 radical (unpaired) electrons. The summed E-state index contributed by atoms with van der Waals surface area (Å²) in [6, 6.07) is -0.988. The standard InChI is InChI=1S/C11H18N2O5/c12-7(3-4-8(14)15)9(16)13-11(10(17)18)5-1-2-6-11/h7H,1-6,12H2,(H,13,16)(H,14,15)(H,17,18). The smallest absolute Gasteiger partial charge is 0.329 e. The van der Waals surface area contributed by atoms with Gasteiger partial charge in [0.25, 0.3) is 0 Å². The van der Waals surface area contributed by atoms with Gasteiger partial charge in [-0.05, 0) is 19.3 Å². The van der Waals surface area contributed by atoms with Crippen LogP contribution in [0.2, 0.25) is 0 Å². The van der Waals surface area contributed by atoms with E-state index >= 15 is 0 Å². The lowest BCUT2D eigenvalue weighted by molar-refractivity contribution is -0.147. The van der Waals surface area contributed by atoms with Crippen LogP contribution >= 0.6 is 0 Å². The van der Waals surface area contributed by atoms with Crippen molar-refractivity contribution in [2.24, 2.45) is 5.73 Å². The first-order valence-corrected chi connectivity index (χ1v) is 5.90. The van der Waals surface area contributed by atoms with Crippen LogP contribution in [0.4, 0.5) is 0 Å². The van der Waals surface area contributed by atoms with E-state index in [4.69, 9.17) is 15.9 Å². The molecule has 7 nitrogen and oxygen atoms in total. The molecule has 0 spiro atoms. The van der Waals surface area contributed by atoms with Crippen molar-refractivity contribution >= 4 is 17.8 Å². The lowest BCUT2D eigenvalue weighted by atomic mass is 9.97. The molecule has 1 saturated carbocycles. The van der Waals surface area contributed by atoms with E-state index in [-0.39, 0.29) is 12.8 Å².